The fraction of sp³-hybridized carbons (Fsp3) is 0.261. The summed E-state index contributed by atoms with van der Waals surface area (Å²) in [4.78, 5) is 26.2. The highest BCUT2D eigenvalue weighted by atomic mass is 32.1. The fourth-order valence-corrected chi connectivity index (χ4v) is 3.94. The number of hydrogen-bond acceptors (Lipinski definition) is 7. The molecule has 1 amide bonds. The molecule has 2 aromatic heterocycles. The second kappa shape index (κ2) is 9.18. The van der Waals surface area contributed by atoms with E-state index in [0.717, 1.165) is 16.2 Å². The van der Waals surface area contributed by atoms with Crippen molar-refractivity contribution in [2.24, 2.45) is 5.10 Å². The van der Waals surface area contributed by atoms with Gasteiger partial charge in [-0.2, -0.15) is 5.10 Å². The zero-order valence-corrected chi connectivity index (χ0v) is 18.0. The lowest BCUT2D eigenvalue weighted by molar-refractivity contribution is -0.158. The van der Waals surface area contributed by atoms with Crippen molar-refractivity contribution in [3.63, 3.8) is 0 Å². The molecule has 160 valence electrons. The molecule has 2 unspecified atom stereocenters. The predicted molar refractivity (Wildman–Crippen MR) is 116 cm³/mol. The van der Waals surface area contributed by atoms with Crippen LogP contribution in [0, 0.1) is 6.92 Å². The molecule has 0 spiro atoms. The van der Waals surface area contributed by atoms with Gasteiger partial charge in [-0.25, -0.2) is 9.80 Å². The Balaban J connectivity index is 1.39. The number of thiophene rings is 1. The molecule has 4 rings (SSSR count). The van der Waals surface area contributed by atoms with Gasteiger partial charge in [0.2, 0.25) is 0 Å². The summed E-state index contributed by atoms with van der Waals surface area (Å²) in [6.07, 6.45) is 1.24. The maximum absolute atomic E-state index is 12.9. The van der Waals surface area contributed by atoms with E-state index in [2.05, 4.69) is 5.10 Å². The maximum atomic E-state index is 12.9. The zero-order chi connectivity index (χ0) is 21.8. The van der Waals surface area contributed by atoms with Crippen molar-refractivity contribution < 1.29 is 23.5 Å². The molecule has 0 saturated carbocycles. The van der Waals surface area contributed by atoms with Gasteiger partial charge in [0.1, 0.15) is 17.6 Å². The summed E-state index contributed by atoms with van der Waals surface area (Å²) < 4.78 is 16.3. The molecule has 0 aliphatic carbocycles. The van der Waals surface area contributed by atoms with Gasteiger partial charge in [0.25, 0.3) is 5.91 Å². The molecule has 2 atom stereocenters. The average Bonchev–Trinajstić information content (AvgIpc) is 3.53. The minimum Gasteiger partial charge on any atom is -0.479 e. The van der Waals surface area contributed by atoms with Crippen molar-refractivity contribution >= 4 is 28.9 Å². The first-order valence-corrected chi connectivity index (χ1v) is 10.8. The highest BCUT2D eigenvalue weighted by Crippen LogP contribution is 2.34. The first-order chi connectivity index (χ1) is 15.0. The zero-order valence-electron chi connectivity index (χ0n) is 17.2. The van der Waals surface area contributed by atoms with E-state index in [-0.39, 0.29) is 6.04 Å². The van der Waals surface area contributed by atoms with E-state index in [1.807, 2.05) is 36.6 Å². The number of amides is 1. The lowest BCUT2D eigenvalue weighted by Crippen LogP contribution is -2.34. The van der Waals surface area contributed by atoms with Gasteiger partial charge < -0.3 is 13.9 Å². The second-order valence-electron chi connectivity index (χ2n) is 7.18. The Hall–Kier alpha value is -3.39. The highest BCUT2D eigenvalue weighted by Gasteiger charge is 2.35. The minimum atomic E-state index is -0.847. The molecule has 0 bridgehead atoms. The first kappa shape index (κ1) is 20.9. The van der Waals surface area contributed by atoms with Gasteiger partial charge in [-0.05, 0) is 49.6 Å². The Morgan fingerprint density at radius 2 is 2.03 bits per heavy atom. The number of esters is 1. The summed E-state index contributed by atoms with van der Waals surface area (Å²) in [5.74, 6) is 0.143. The van der Waals surface area contributed by atoms with Crippen molar-refractivity contribution in [2.45, 2.75) is 32.4 Å². The van der Waals surface area contributed by atoms with Crippen molar-refractivity contribution in [1.29, 1.82) is 0 Å². The third-order valence-electron chi connectivity index (χ3n) is 4.85. The smallest absolute Gasteiger partial charge is 0.347 e. The molecule has 1 aliphatic heterocycles. The Morgan fingerprint density at radius 1 is 1.23 bits per heavy atom. The van der Waals surface area contributed by atoms with Crippen LogP contribution < -0.4 is 4.74 Å². The topological polar surface area (TPSA) is 81.3 Å². The third-order valence-corrected chi connectivity index (χ3v) is 5.77. The summed E-state index contributed by atoms with van der Waals surface area (Å²) in [6, 6.07) is 14.4. The van der Waals surface area contributed by atoms with Crippen LogP contribution in [0.25, 0.3) is 0 Å². The number of benzene rings is 1. The predicted octanol–water partition coefficient (Wildman–Crippen LogP) is 4.34. The lowest BCUT2D eigenvalue weighted by Gasteiger charge is -2.20. The average molecular weight is 439 g/mol. The molecule has 0 radical (unpaired) electrons. The monoisotopic (exact) mass is 438 g/mol. The SMILES string of the molecule is Cc1ccc(OC(C)C(=O)OCC(=O)N2N=C(c3cccs3)CC2c2ccco2)cc1. The molecule has 0 fully saturated rings. The first-order valence-electron chi connectivity index (χ1n) is 9.88. The van der Waals surface area contributed by atoms with Gasteiger partial charge >= 0.3 is 5.97 Å². The van der Waals surface area contributed by atoms with Gasteiger partial charge in [-0.15, -0.1) is 11.3 Å². The number of carbonyl (C=O) groups is 2. The summed E-state index contributed by atoms with van der Waals surface area (Å²) >= 11 is 1.56. The van der Waals surface area contributed by atoms with Crippen molar-refractivity contribution in [3.05, 3.63) is 76.4 Å². The van der Waals surface area contributed by atoms with Gasteiger partial charge in [-0.3, -0.25) is 4.79 Å². The Bertz CT molecular complexity index is 1060. The Kier molecular flexibility index (Phi) is 6.18. The summed E-state index contributed by atoms with van der Waals surface area (Å²) in [6.45, 7) is 3.12. The quantitative estimate of drug-likeness (QED) is 0.513. The molecule has 1 aromatic carbocycles. The van der Waals surface area contributed by atoms with E-state index in [0.29, 0.717) is 17.9 Å². The van der Waals surface area contributed by atoms with Crippen molar-refractivity contribution in [3.8, 4) is 5.75 Å². The van der Waals surface area contributed by atoms with E-state index in [1.165, 1.54) is 5.01 Å². The largest absolute Gasteiger partial charge is 0.479 e. The van der Waals surface area contributed by atoms with E-state index in [4.69, 9.17) is 13.9 Å². The highest BCUT2D eigenvalue weighted by molar-refractivity contribution is 7.12. The molecule has 0 saturated heterocycles. The molecule has 3 aromatic rings. The maximum Gasteiger partial charge on any atom is 0.347 e. The lowest BCUT2D eigenvalue weighted by atomic mass is 10.1. The number of carbonyl (C=O) groups excluding carboxylic acids is 2. The number of aryl methyl sites for hydroxylation is 1. The molecule has 3 heterocycles. The number of rotatable bonds is 7. The van der Waals surface area contributed by atoms with Crippen LogP contribution >= 0.6 is 11.3 Å². The number of nitrogens with zero attached hydrogens (tertiary/aromatic N) is 2. The standard InChI is InChI=1S/C23H22N2O5S/c1-15-7-9-17(10-8-15)30-16(2)23(27)29-14-22(26)25-19(20-5-3-11-28-20)13-18(24-25)21-6-4-12-31-21/h3-12,16,19H,13-14H2,1-2H3. The van der Waals surface area contributed by atoms with E-state index in [1.54, 1.807) is 48.8 Å². The molecule has 0 N–H and O–H groups in total. The van der Waals surface area contributed by atoms with E-state index in [9.17, 15) is 9.59 Å². The Labute approximate surface area is 183 Å². The number of ether oxygens (including phenoxy) is 2. The summed E-state index contributed by atoms with van der Waals surface area (Å²) in [5, 5.41) is 7.79. The summed E-state index contributed by atoms with van der Waals surface area (Å²) in [5.41, 5.74) is 1.89. The second-order valence-corrected chi connectivity index (χ2v) is 8.13. The molecular formula is C23H22N2O5S. The number of furan rings is 1. The van der Waals surface area contributed by atoms with Crippen LogP contribution in [0.2, 0.25) is 0 Å². The van der Waals surface area contributed by atoms with Gasteiger partial charge in [0.05, 0.1) is 16.9 Å². The van der Waals surface area contributed by atoms with Crippen LogP contribution in [0.1, 0.15) is 35.6 Å². The van der Waals surface area contributed by atoms with Gasteiger partial charge in [0, 0.05) is 6.42 Å². The Morgan fingerprint density at radius 3 is 2.71 bits per heavy atom. The fourth-order valence-electron chi connectivity index (χ4n) is 3.22. The molecule has 8 heteroatoms. The molecule has 7 nitrogen and oxygen atoms in total. The van der Waals surface area contributed by atoms with Crippen LogP contribution in [0.15, 0.2) is 69.7 Å². The minimum absolute atomic E-state index is 0.375. The van der Waals surface area contributed by atoms with Crippen LogP contribution in [0.3, 0.4) is 0 Å². The van der Waals surface area contributed by atoms with Crippen molar-refractivity contribution in [1.82, 2.24) is 5.01 Å². The molecule has 1 aliphatic rings. The molecular weight excluding hydrogens is 416 g/mol. The van der Waals surface area contributed by atoms with Gasteiger partial charge in [0.15, 0.2) is 12.7 Å². The van der Waals surface area contributed by atoms with Crippen LogP contribution in [-0.4, -0.2) is 35.3 Å². The van der Waals surface area contributed by atoms with Crippen LogP contribution in [-0.2, 0) is 14.3 Å². The number of hydrazone groups is 1. The van der Waals surface area contributed by atoms with Crippen LogP contribution in [0.4, 0.5) is 0 Å². The summed E-state index contributed by atoms with van der Waals surface area (Å²) in [7, 11) is 0. The van der Waals surface area contributed by atoms with E-state index < -0.39 is 24.6 Å². The van der Waals surface area contributed by atoms with Gasteiger partial charge in [-0.1, -0.05) is 23.8 Å². The van der Waals surface area contributed by atoms with Crippen molar-refractivity contribution in [2.75, 3.05) is 6.61 Å². The number of hydrogen-bond donors (Lipinski definition) is 0. The molecule has 31 heavy (non-hydrogen) atoms. The van der Waals surface area contributed by atoms with Crippen LogP contribution in [0.5, 0.6) is 5.75 Å². The van der Waals surface area contributed by atoms with E-state index >= 15 is 0 Å². The normalized spacial score (nSPS) is 16.6. The third kappa shape index (κ3) is 4.86.